The third kappa shape index (κ3) is 2.48. The second-order valence-electron chi connectivity index (χ2n) is 6.17. The standard InChI is InChI=1S/C17H18N2OS/c20-16(14-9-11-6-7-13(14)8-11)19-17-18-15(10-21-17)12-4-2-1-3-5-12/h1-5,10-11,13-14H,6-9H2,(H,18,19,20)/t11-,13-,14-/m0/s1. The molecule has 1 heterocycles. The summed E-state index contributed by atoms with van der Waals surface area (Å²) < 4.78 is 0. The molecule has 2 aliphatic carbocycles. The van der Waals surface area contributed by atoms with Crippen LogP contribution in [0, 0.1) is 17.8 Å². The zero-order valence-electron chi connectivity index (χ0n) is 11.8. The molecule has 0 radical (unpaired) electrons. The summed E-state index contributed by atoms with van der Waals surface area (Å²) in [4.78, 5) is 16.9. The van der Waals surface area contributed by atoms with E-state index in [1.54, 1.807) is 0 Å². The van der Waals surface area contributed by atoms with Crippen LogP contribution in [0.4, 0.5) is 5.13 Å². The highest BCUT2D eigenvalue weighted by molar-refractivity contribution is 7.14. The van der Waals surface area contributed by atoms with E-state index in [9.17, 15) is 4.79 Å². The fourth-order valence-electron chi connectivity index (χ4n) is 3.84. The summed E-state index contributed by atoms with van der Waals surface area (Å²) in [6, 6.07) is 10.1. The summed E-state index contributed by atoms with van der Waals surface area (Å²) in [5.74, 6) is 1.80. The quantitative estimate of drug-likeness (QED) is 0.923. The first kappa shape index (κ1) is 13.0. The van der Waals surface area contributed by atoms with Crippen molar-refractivity contribution < 1.29 is 4.79 Å². The highest BCUT2D eigenvalue weighted by atomic mass is 32.1. The minimum atomic E-state index is 0.177. The molecule has 2 bridgehead atoms. The SMILES string of the molecule is O=C(Nc1nc(-c2ccccc2)cs1)[C@H]1C[C@H]2CC[C@H]1C2. The Morgan fingerprint density at radius 2 is 2.05 bits per heavy atom. The number of fused-ring (bicyclic) bond motifs is 2. The molecule has 0 saturated heterocycles. The molecule has 2 aliphatic rings. The number of nitrogens with zero attached hydrogens (tertiary/aromatic N) is 1. The average molecular weight is 298 g/mol. The highest BCUT2D eigenvalue weighted by Gasteiger charge is 2.43. The minimum Gasteiger partial charge on any atom is -0.302 e. The fraction of sp³-hybridized carbons (Fsp3) is 0.412. The van der Waals surface area contributed by atoms with Crippen molar-refractivity contribution in [2.45, 2.75) is 25.7 Å². The molecular weight excluding hydrogens is 280 g/mol. The van der Waals surface area contributed by atoms with Crippen molar-refractivity contribution in [2.24, 2.45) is 17.8 Å². The monoisotopic (exact) mass is 298 g/mol. The van der Waals surface area contributed by atoms with Gasteiger partial charge >= 0.3 is 0 Å². The smallest absolute Gasteiger partial charge is 0.229 e. The molecule has 0 aliphatic heterocycles. The molecule has 1 aromatic carbocycles. The molecule has 2 aromatic rings. The maximum Gasteiger partial charge on any atom is 0.229 e. The van der Waals surface area contributed by atoms with Gasteiger partial charge in [0.05, 0.1) is 5.69 Å². The highest BCUT2D eigenvalue weighted by Crippen LogP contribution is 2.48. The van der Waals surface area contributed by atoms with E-state index >= 15 is 0 Å². The summed E-state index contributed by atoms with van der Waals surface area (Å²) >= 11 is 1.51. The van der Waals surface area contributed by atoms with E-state index in [0.29, 0.717) is 5.92 Å². The third-order valence-corrected chi connectivity index (χ3v) is 5.64. The van der Waals surface area contributed by atoms with Crippen molar-refractivity contribution in [3.63, 3.8) is 0 Å². The number of anilines is 1. The van der Waals surface area contributed by atoms with E-state index in [-0.39, 0.29) is 11.8 Å². The van der Waals surface area contributed by atoms with Crippen molar-refractivity contribution in [2.75, 3.05) is 5.32 Å². The lowest BCUT2D eigenvalue weighted by Gasteiger charge is -2.19. The van der Waals surface area contributed by atoms with Crippen LogP contribution in [0.2, 0.25) is 0 Å². The molecule has 108 valence electrons. The molecule has 3 nitrogen and oxygen atoms in total. The van der Waals surface area contributed by atoms with Gasteiger partial charge in [0.2, 0.25) is 5.91 Å². The molecule has 3 atom stereocenters. The fourth-order valence-corrected chi connectivity index (χ4v) is 4.56. The van der Waals surface area contributed by atoms with Gasteiger partial charge in [0.25, 0.3) is 0 Å². The van der Waals surface area contributed by atoms with Crippen LogP contribution in [0.1, 0.15) is 25.7 Å². The number of hydrogen-bond donors (Lipinski definition) is 1. The van der Waals surface area contributed by atoms with E-state index in [1.807, 2.05) is 35.7 Å². The molecule has 4 heteroatoms. The van der Waals surface area contributed by atoms with Crippen LogP contribution in [0.3, 0.4) is 0 Å². The van der Waals surface area contributed by atoms with E-state index < -0.39 is 0 Å². The number of aromatic nitrogens is 1. The Bertz CT molecular complexity index is 652. The number of amides is 1. The minimum absolute atomic E-state index is 0.177. The molecule has 0 spiro atoms. The van der Waals surface area contributed by atoms with Crippen LogP contribution in [0.25, 0.3) is 11.3 Å². The van der Waals surface area contributed by atoms with Crippen molar-refractivity contribution >= 4 is 22.4 Å². The Morgan fingerprint density at radius 1 is 1.19 bits per heavy atom. The van der Waals surface area contributed by atoms with E-state index in [1.165, 1.54) is 30.6 Å². The number of hydrogen-bond acceptors (Lipinski definition) is 3. The number of thiazole rings is 1. The van der Waals surface area contributed by atoms with Crippen LogP contribution in [-0.4, -0.2) is 10.9 Å². The van der Waals surface area contributed by atoms with Gasteiger partial charge in [-0.2, -0.15) is 0 Å². The Morgan fingerprint density at radius 3 is 2.76 bits per heavy atom. The lowest BCUT2D eigenvalue weighted by molar-refractivity contribution is -0.121. The lowest BCUT2D eigenvalue weighted by atomic mass is 9.88. The number of rotatable bonds is 3. The molecule has 4 rings (SSSR count). The van der Waals surface area contributed by atoms with Crippen molar-refractivity contribution in [3.05, 3.63) is 35.7 Å². The van der Waals surface area contributed by atoms with Crippen LogP contribution in [0.5, 0.6) is 0 Å². The molecule has 2 saturated carbocycles. The first-order valence-electron chi connectivity index (χ1n) is 7.61. The molecule has 1 amide bonds. The first-order chi connectivity index (χ1) is 10.3. The Kier molecular flexibility index (Phi) is 3.26. The van der Waals surface area contributed by atoms with E-state index in [2.05, 4.69) is 10.3 Å². The van der Waals surface area contributed by atoms with Crippen molar-refractivity contribution in [1.82, 2.24) is 4.98 Å². The summed E-state index contributed by atoms with van der Waals surface area (Å²) in [6.45, 7) is 0. The topological polar surface area (TPSA) is 42.0 Å². The van der Waals surface area contributed by atoms with Gasteiger partial charge in [-0.15, -0.1) is 11.3 Å². The summed E-state index contributed by atoms with van der Waals surface area (Å²) in [6.07, 6.45) is 4.89. The number of carbonyl (C=O) groups excluding carboxylic acids is 1. The first-order valence-corrected chi connectivity index (χ1v) is 8.49. The van der Waals surface area contributed by atoms with Gasteiger partial charge in [0.1, 0.15) is 0 Å². The largest absolute Gasteiger partial charge is 0.302 e. The lowest BCUT2D eigenvalue weighted by Crippen LogP contribution is -2.27. The zero-order chi connectivity index (χ0) is 14.2. The molecule has 1 aromatic heterocycles. The number of benzene rings is 1. The predicted molar refractivity (Wildman–Crippen MR) is 85.1 cm³/mol. The maximum atomic E-state index is 12.4. The normalized spacial score (nSPS) is 27.0. The maximum absolute atomic E-state index is 12.4. The van der Waals surface area contributed by atoms with Gasteiger partial charge in [-0.05, 0) is 31.1 Å². The van der Waals surface area contributed by atoms with Crippen LogP contribution >= 0.6 is 11.3 Å². The Hall–Kier alpha value is -1.68. The second-order valence-corrected chi connectivity index (χ2v) is 7.03. The second kappa shape index (κ2) is 5.26. The number of nitrogens with one attached hydrogen (secondary N) is 1. The van der Waals surface area contributed by atoms with E-state index in [4.69, 9.17) is 0 Å². The van der Waals surface area contributed by atoms with Gasteiger partial charge in [-0.1, -0.05) is 36.8 Å². The van der Waals surface area contributed by atoms with E-state index in [0.717, 1.165) is 28.7 Å². The molecule has 2 fully saturated rings. The van der Waals surface area contributed by atoms with Gasteiger partial charge in [0, 0.05) is 16.9 Å². The summed E-state index contributed by atoms with van der Waals surface area (Å²) in [5.41, 5.74) is 2.03. The molecular formula is C17H18N2OS. The number of carbonyl (C=O) groups is 1. The van der Waals surface area contributed by atoms with Crippen LogP contribution in [-0.2, 0) is 4.79 Å². The zero-order valence-corrected chi connectivity index (χ0v) is 12.6. The molecule has 21 heavy (non-hydrogen) atoms. The van der Waals surface area contributed by atoms with Crippen LogP contribution < -0.4 is 5.32 Å². The van der Waals surface area contributed by atoms with Crippen molar-refractivity contribution in [1.29, 1.82) is 0 Å². The average Bonchev–Trinajstić information content (AvgIpc) is 3.24. The van der Waals surface area contributed by atoms with Crippen molar-refractivity contribution in [3.8, 4) is 11.3 Å². The van der Waals surface area contributed by atoms with Gasteiger partial charge in [0.15, 0.2) is 5.13 Å². The van der Waals surface area contributed by atoms with Crippen LogP contribution in [0.15, 0.2) is 35.7 Å². The van der Waals surface area contributed by atoms with Gasteiger partial charge in [-0.25, -0.2) is 4.98 Å². The molecule has 0 unspecified atom stereocenters. The third-order valence-electron chi connectivity index (χ3n) is 4.88. The summed E-state index contributed by atoms with van der Waals surface area (Å²) in [5, 5.41) is 5.76. The van der Waals surface area contributed by atoms with Gasteiger partial charge in [-0.3, -0.25) is 4.79 Å². The Balaban J connectivity index is 1.46. The molecule has 1 N–H and O–H groups in total. The predicted octanol–water partition coefficient (Wildman–Crippen LogP) is 4.18. The van der Waals surface area contributed by atoms with Gasteiger partial charge < -0.3 is 5.32 Å². The Labute approximate surface area is 128 Å². The summed E-state index contributed by atoms with van der Waals surface area (Å²) in [7, 11) is 0.